The Morgan fingerprint density at radius 1 is 1.00 bits per heavy atom. The van der Waals surface area contributed by atoms with E-state index in [1.54, 1.807) is 0 Å². The molecule has 0 bridgehead atoms. The van der Waals surface area contributed by atoms with E-state index in [-0.39, 0.29) is 4.47 Å². The van der Waals surface area contributed by atoms with Crippen LogP contribution in [0, 0.1) is 17.5 Å². The summed E-state index contributed by atoms with van der Waals surface area (Å²) in [6, 6.07) is 6.06. The minimum atomic E-state index is -4.32. The molecule has 0 unspecified atom stereocenters. The van der Waals surface area contributed by atoms with Crippen molar-refractivity contribution in [2.24, 2.45) is 0 Å². The zero-order valence-corrected chi connectivity index (χ0v) is 12.1. The van der Waals surface area contributed by atoms with Crippen molar-refractivity contribution in [3.05, 3.63) is 58.3 Å². The molecular weight excluding hydrogens is 359 g/mol. The molecule has 3 nitrogen and oxygen atoms in total. The maximum absolute atomic E-state index is 13.6. The molecule has 2 aromatic rings. The molecule has 0 amide bonds. The number of hydrogen-bond donors (Lipinski definition) is 1. The van der Waals surface area contributed by atoms with E-state index in [1.165, 1.54) is 12.1 Å². The van der Waals surface area contributed by atoms with Crippen LogP contribution < -0.4 is 4.72 Å². The second-order valence-corrected chi connectivity index (χ2v) is 6.29. The van der Waals surface area contributed by atoms with Gasteiger partial charge in [0.15, 0.2) is 5.82 Å². The predicted octanol–water partition coefficient (Wildman–Crippen LogP) is 3.67. The molecule has 8 heteroatoms. The zero-order valence-electron chi connectivity index (χ0n) is 9.70. The minimum absolute atomic E-state index is 0.130. The first kappa shape index (κ1) is 14.9. The maximum Gasteiger partial charge on any atom is 0.264 e. The van der Waals surface area contributed by atoms with Crippen LogP contribution >= 0.6 is 15.9 Å². The molecule has 0 radical (unpaired) electrons. The number of rotatable bonds is 3. The molecule has 2 aromatic carbocycles. The van der Waals surface area contributed by atoms with Crippen LogP contribution in [0.3, 0.4) is 0 Å². The molecule has 0 aliphatic heterocycles. The lowest BCUT2D eigenvalue weighted by molar-refractivity contribution is 0.567. The van der Waals surface area contributed by atoms with E-state index < -0.39 is 38.1 Å². The van der Waals surface area contributed by atoms with Crippen LogP contribution in [0.15, 0.2) is 45.8 Å². The Morgan fingerprint density at radius 2 is 1.65 bits per heavy atom. The average molecular weight is 366 g/mol. The number of hydrogen-bond acceptors (Lipinski definition) is 2. The fourth-order valence-electron chi connectivity index (χ4n) is 1.49. The first-order valence-electron chi connectivity index (χ1n) is 5.23. The first-order valence-corrected chi connectivity index (χ1v) is 7.51. The lowest BCUT2D eigenvalue weighted by Gasteiger charge is -2.11. The Hall–Kier alpha value is -1.54. The van der Waals surface area contributed by atoms with Gasteiger partial charge in [0.25, 0.3) is 10.0 Å². The summed E-state index contributed by atoms with van der Waals surface area (Å²) >= 11 is 2.84. The Balaban J connectivity index is 2.47. The molecule has 2 rings (SSSR count). The van der Waals surface area contributed by atoms with Gasteiger partial charge in [-0.15, -0.1) is 0 Å². The van der Waals surface area contributed by atoms with Crippen molar-refractivity contribution < 1.29 is 21.6 Å². The van der Waals surface area contributed by atoms with Crippen molar-refractivity contribution in [2.45, 2.75) is 4.90 Å². The largest absolute Gasteiger partial charge is 0.275 e. The standard InChI is InChI=1S/C12H7BrF3NO2S/c13-8-5-7(14)6-10(16)12(8)17-20(18,19)11-4-2-1-3-9(11)15/h1-6,17H. The predicted molar refractivity (Wildman–Crippen MR) is 71.3 cm³/mol. The summed E-state index contributed by atoms with van der Waals surface area (Å²) in [4.78, 5) is -0.629. The van der Waals surface area contributed by atoms with Gasteiger partial charge in [0, 0.05) is 10.5 Å². The van der Waals surface area contributed by atoms with Gasteiger partial charge in [0.1, 0.15) is 16.5 Å². The smallest absolute Gasteiger partial charge is 0.264 e. The highest BCUT2D eigenvalue weighted by Gasteiger charge is 2.22. The number of anilines is 1. The third kappa shape index (κ3) is 2.96. The summed E-state index contributed by atoms with van der Waals surface area (Å²) in [7, 11) is -4.32. The van der Waals surface area contributed by atoms with Crippen LogP contribution in [-0.2, 0) is 10.0 Å². The van der Waals surface area contributed by atoms with Crippen molar-refractivity contribution in [2.75, 3.05) is 4.72 Å². The van der Waals surface area contributed by atoms with E-state index in [9.17, 15) is 21.6 Å². The van der Waals surface area contributed by atoms with Crippen LogP contribution in [-0.4, -0.2) is 8.42 Å². The van der Waals surface area contributed by atoms with Gasteiger partial charge < -0.3 is 0 Å². The number of nitrogens with one attached hydrogen (secondary N) is 1. The summed E-state index contributed by atoms with van der Waals surface area (Å²) in [6.45, 7) is 0. The highest BCUT2D eigenvalue weighted by Crippen LogP contribution is 2.29. The molecule has 0 saturated carbocycles. The van der Waals surface area contributed by atoms with E-state index in [0.717, 1.165) is 18.2 Å². The Kier molecular flexibility index (Phi) is 4.05. The second kappa shape index (κ2) is 5.45. The summed E-state index contributed by atoms with van der Waals surface area (Å²) in [5, 5.41) is 0. The van der Waals surface area contributed by atoms with Crippen LogP contribution in [0.1, 0.15) is 0 Å². The van der Waals surface area contributed by atoms with Crippen LogP contribution in [0.2, 0.25) is 0 Å². The topological polar surface area (TPSA) is 46.2 Å². The normalized spacial score (nSPS) is 11.4. The third-order valence-corrected chi connectivity index (χ3v) is 4.38. The Bertz CT molecular complexity index is 742. The molecular formula is C12H7BrF3NO2S. The van der Waals surface area contributed by atoms with Gasteiger partial charge in [0.05, 0.1) is 5.69 Å². The maximum atomic E-state index is 13.6. The van der Waals surface area contributed by atoms with Crippen molar-refractivity contribution in [1.29, 1.82) is 0 Å². The van der Waals surface area contributed by atoms with E-state index in [4.69, 9.17) is 0 Å². The van der Waals surface area contributed by atoms with Gasteiger partial charge in [-0.1, -0.05) is 12.1 Å². The molecule has 0 atom stereocenters. The van der Waals surface area contributed by atoms with E-state index in [1.807, 2.05) is 4.72 Å². The van der Waals surface area contributed by atoms with Crippen molar-refractivity contribution in [3.63, 3.8) is 0 Å². The minimum Gasteiger partial charge on any atom is -0.275 e. The zero-order chi connectivity index (χ0) is 14.9. The van der Waals surface area contributed by atoms with E-state index >= 15 is 0 Å². The lowest BCUT2D eigenvalue weighted by atomic mass is 10.3. The number of halogens is 4. The van der Waals surface area contributed by atoms with Gasteiger partial charge in [0.2, 0.25) is 0 Å². The Labute approximate surface area is 121 Å². The fraction of sp³-hybridized carbons (Fsp3) is 0. The number of benzene rings is 2. The van der Waals surface area contributed by atoms with Gasteiger partial charge in [-0.05, 0) is 34.1 Å². The summed E-state index contributed by atoms with van der Waals surface area (Å²) < 4.78 is 65.7. The van der Waals surface area contributed by atoms with Crippen LogP contribution in [0.5, 0.6) is 0 Å². The third-order valence-electron chi connectivity index (χ3n) is 2.37. The Morgan fingerprint density at radius 3 is 2.25 bits per heavy atom. The highest BCUT2D eigenvalue weighted by molar-refractivity contribution is 9.10. The van der Waals surface area contributed by atoms with E-state index in [0.29, 0.717) is 6.07 Å². The molecule has 0 saturated heterocycles. The highest BCUT2D eigenvalue weighted by atomic mass is 79.9. The molecule has 106 valence electrons. The molecule has 1 N–H and O–H groups in total. The van der Waals surface area contributed by atoms with Crippen molar-refractivity contribution >= 4 is 31.6 Å². The van der Waals surface area contributed by atoms with Crippen molar-refractivity contribution in [3.8, 4) is 0 Å². The molecule has 0 aliphatic carbocycles. The molecule has 0 aliphatic rings. The van der Waals surface area contributed by atoms with Gasteiger partial charge in [-0.2, -0.15) is 0 Å². The van der Waals surface area contributed by atoms with E-state index in [2.05, 4.69) is 15.9 Å². The van der Waals surface area contributed by atoms with Crippen molar-refractivity contribution in [1.82, 2.24) is 0 Å². The molecule has 0 aromatic heterocycles. The second-order valence-electron chi connectivity index (χ2n) is 3.78. The fourth-order valence-corrected chi connectivity index (χ4v) is 3.30. The average Bonchev–Trinajstić information content (AvgIpc) is 2.34. The summed E-state index contributed by atoms with van der Waals surface area (Å²) in [5.41, 5.74) is -0.491. The van der Waals surface area contributed by atoms with Gasteiger partial charge >= 0.3 is 0 Å². The summed E-state index contributed by atoms with van der Waals surface area (Å²) in [5.74, 6) is -2.96. The SMILES string of the molecule is O=S(=O)(Nc1c(F)cc(F)cc1Br)c1ccccc1F. The first-order chi connectivity index (χ1) is 9.31. The summed E-state index contributed by atoms with van der Waals surface area (Å²) in [6.07, 6.45) is 0. The number of sulfonamides is 1. The molecule has 20 heavy (non-hydrogen) atoms. The van der Waals surface area contributed by atoms with Crippen LogP contribution in [0.4, 0.5) is 18.9 Å². The monoisotopic (exact) mass is 365 g/mol. The quantitative estimate of drug-likeness (QED) is 0.901. The molecule has 0 heterocycles. The van der Waals surface area contributed by atoms with Gasteiger partial charge in [-0.3, -0.25) is 4.72 Å². The molecule has 0 fully saturated rings. The van der Waals surface area contributed by atoms with Crippen LogP contribution in [0.25, 0.3) is 0 Å². The van der Waals surface area contributed by atoms with Gasteiger partial charge in [-0.25, -0.2) is 21.6 Å². The molecule has 0 spiro atoms. The lowest BCUT2D eigenvalue weighted by Crippen LogP contribution is -2.16.